The van der Waals surface area contributed by atoms with Crippen LogP contribution in [0.15, 0.2) is 12.4 Å². The molecule has 9 heavy (non-hydrogen) atoms. The van der Waals surface area contributed by atoms with Gasteiger partial charge in [0.05, 0.1) is 0 Å². The van der Waals surface area contributed by atoms with E-state index < -0.39 is 0 Å². The van der Waals surface area contributed by atoms with Crippen LogP contribution in [0.3, 0.4) is 0 Å². The Morgan fingerprint density at radius 3 is 1.78 bits per heavy atom. The van der Waals surface area contributed by atoms with Gasteiger partial charge >= 0.3 is 0 Å². The summed E-state index contributed by atoms with van der Waals surface area (Å²) in [6.07, 6.45) is 1.32. The predicted molar refractivity (Wildman–Crippen MR) is 35.9 cm³/mol. The lowest BCUT2D eigenvalue weighted by molar-refractivity contribution is 1.19. The molecule has 1 heterocycles. The zero-order chi connectivity index (χ0) is 5.98. The first-order chi connectivity index (χ1) is 3.79. The van der Waals surface area contributed by atoms with Crippen molar-refractivity contribution in [2.75, 3.05) is 11.5 Å². The number of hydrogen-bond donors (Lipinski definition) is 3. The molecule has 50 valence electrons. The Kier molecular flexibility index (Phi) is 2.40. The highest BCUT2D eigenvalue weighted by Crippen LogP contribution is 1.97. The van der Waals surface area contributed by atoms with Gasteiger partial charge in [-0.25, -0.2) is 9.97 Å². The van der Waals surface area contributed by atoms with Gasteiger partial charge in [0.2, 0.25) is 0 Å². The average molecular weight is 127 g/mol. The van der Waals surface area contributed by atoms with Gasteiger partial charge in [-0.1, -0.05) is 0 Å². The van der Waals surface area contributed by atoms with Gasteiger partial charge in [0.1, 0.15) is 18.0 Å². The Morgan fingerprint density at radius 1 is 1.11 bits per heavy atom. The van der Waals surface area contributed by atoms with E-state index in [1.54, 1.807) is 0 Å². The van der Waals surface area contributed by atoms with E-state index in [9.17, 15) is 0 Å². The van der Waals surface area contributed by atoms with Crippen molar-refractivity contribution in [3.8, 4) is 0 Å². The van der Waals surface area contributed by atoms with Gasteiger partial charge in [0.25, 0.3) is 0 Å². The minimum absolute atomic E-state index is 0. The number of aromatic nitrogens is 2. The Morgan fingerprint density at radius 2 is 1.56 bits per heavy atom. The van der Waals surface area contributed by atoms with Gasteiger partial charge in [-0.05, 0) is 0 Å². The predicted octanol–water partition coefficient (Wildman–Crippen LogP) is -0.197. The molecule has 1 aromatic heterocycles. The van der Waals surface area contributed by atoms with Crippen LogP contribution in [0.2, 0.25) is 0 Å². The van der Waals surface area contributed by atoms with Crippen LogP contribution in [0.4, 0.5) is 11.6 Å². The molecule has 0 saturated carbocycles. The van der Waals surface area contributed by atoms with Gasteiger partial charge in [-0.3, -0.25) is 0 Å². The third kappa shape index (κ3) is 1.92. The molecule has 7 N–H and O–H groups in total. The van der Waals surface area contributed by atoms with Crippen molar-refractivity contribution in [3.63, 3.8) is 0 Å². The van der Waals surface area contributed by atoms with Gasteiger partial charge in [-0.2, -0.15) is 0 Å². The summed E-state index contributed by atoms with van der Waals surface area (Å²) in [6.45, 7) is 0. The second-order valence-electron chi connectivity index (χ2n) is 1.37. The zero-order valence-corrected chi connectivity index (χ0v) is 4.91. The van der Waals surface area contributed by atoms with E-state index in [0.29, 0.717) is 11.6 Å². The van der Waals surface area contributed by atoms with Crippen molar-refractivity contribution in [2.24, 2.45) is 0 Å². The van der Waals surface area contributed by atoms with Crippen molar-refractivity contribution in [3.05, 3.63) is 12.4 Å². The molecule has 0 bridgehead atoms. The topological polar surface area (TPSA) is 113 Å². The van der Waals surface area contributed by atoms with Crippen LogP contribution in [-0.2, 0) is 0 Å². The standard InChI is InChI=1S/C4H6N4.H3N/c5-3-1-4(6)8-2-7-3;/h1-2H,(H4,5,6,7,8);1H3. The van der Waals surface area contributed by atoms with E-state index >= 15 is 0 Å². The van der Waals surface area contributed by atoms with Crippen LogP contribution in [0.5, 0.6) is 0 Å². The Balaban J connectivity index is 0.000000640. The smallest absolute Gasteiger partial charge is 0.128 e. The second kappa shape index (κ2) is 2.83. The van der Waals surface area contributed by atoms with E-state index in [4.69, 9.17) is 11.5 Å². The van der Waals surface area contributed by atoms with Crippen LogP contribution < -0.4 is 17.6 Å². The summed E-state index contributed by atoms with van der Waals surface area (Å²) in [4.78, 5) is 7.25. The normalized spacial score (nSPS) is 8.00. The van der Waals surface area contributed by atoms with Gasteiger partial charge in [0.15, 0.2) is 0 Å². The largest absolute Gasteiger partial charge is 0.384 e. The van der Waals surface area contributed by atoms with Crippen molar-refractivity contribution >= 4 is 11.6 Å². The van der Waals surface area contributed by atoms with E-state index in [1.165, 1.54) is 12.4 Å². The molecule has 0 amide bonds. The van der Waals surface area contributed by atoms with E-state index in [2.05, 4.69) is 9.97 Å². The Hall–Kier alpha value is -1.36. The molecule has 0 spiro atoms. The van der Waals surface area contributed by atoms with Crippen LogP contribution in [-0.4, -0.2) is 9.97 Å². The maximum Gasteiger partial charge on any atom is 0.128 e. The molecule has 1 rings (SSSR count). The molecule has 0 aromatic carbocycles. The monoisotopic (exact) mass is 127 g/mol. The van der Waals surface area contributed by atoms with Gasteiger partial charge in [-0.15, -0.1) is 0 Å². The lowest BCUT2D eigenvalue weighted by atomic mass is 10.5. The molecule has 0 aliphatic rings. The summed E-state index contributed by atoms with van der Waals surface area (Å²) in [7, 11) is 0. The molecule has 0 aliphatic heterocycles. The molecule has 0 radical (unpaired) electrons. The van der Waals surface area contributed by atoms with Crippen molar-refractivity contribution in [1.29, 1.82) is 0 Å². The van der Waals surface area contributed by atoms with Crippen molar-refractivity contribution < 1.29 is 0 Å². The van der Waals surface area contributed by atoms with Gasteiger partial charge < -0.3 is 17.6 Å². The maximum absolute atomic E-state index is 5.23. The number of rotatable bonds is 0. The summed E-state index contributed by atoms with van der Waals surface area (Å²) in [5.74, 6) is 0.801. The maximum atomic E-state index is 5.23. The fourth-order valence-electron chi connectivity index (χ4n) is 0.388. The summed E-state index contributed by atoms with van der Waals surface area (Å²) < 4.78 is 0. The van der Waals surface area contributed by atoms with E-state index in [-0.39, 0.29) is 6.15 Å². The van der Waals surface area contributed by atoms with Crippen molar-refractivity contribution in [1.82, 2.24) is 16.1 Å². The molecular weight excluding hydrogens is 118 g/mol. The summed E-state index contributed by atoms with van der Waals surface area (Å²) in [5.41, 5.74) is 10.5. The number of hydrogen-bond acceptors (Lipinski definition) is 5. The van der Waals surface area contributed by atoms with Crippen LogP contribution >= 0.6 is 0 Å². The number of nitrogens with two attached hydrogens (primary N) is 2. The minimum atomic E-state index is 0. The first-order valence-corrected chi connectivity index (χ1v) is 2.12. The van der Waals surface area contributed by atoms with Crippen molar-refractivity contribution in [2.45, 2.75) is 0 Å². The first kappa shape index (κ1) is 7.64. The molecule has 5 heteroatoms. The first-order valence-electron chi connectivity index (χ1n) is 2.12. The number of anilines is 2. The Labute approximate surface area is 52.7 Å². The molecule has 1 aromatic rings. The molecule has 0 unspecified atom stereocenters. The Bertz CT molecular complexity index is 169. The number of nitrogen functional groups attached to an aromatic ring is 2. The minimum Gasteiger partial charge on any atom is -0.384 e. The molecular formula is C4H9N5. The van der Waals surface area contributed by atoms with E-state index in [1.807, 2.05) is 0 Å². The third-order valence-electron chi connectivity index (χ3n) is 0.709. The van der Waals surface area contributed by atoms with E-state index in [0.717, 1.165) is 0 Å². The molecule has 5 nitrogen and oxygen atoms in total. The summed E-state index contributed by atoms with van der Waals surface area (Å²) >= 11 is 0. The molecule has 0 atom stereocenters. The highest BCUT2D eigenvalue weighted by atomic mass is 14.9. The fraction of sp³-hybridized carbons (Fsp3) is 0. The summed E-state index contributed by atoms with van der Waals surface area (Å²) in [5, 5.41) is 0. The van der Waals surface area contributed by atoms with Crippen LogP contribution in [0.1, 0.15) is 0 Å². The highest BCUT2D eigenvalue weighted by molar-refractivity contribution is 5.38. The quantitative estimate of drug-likeness (QED) is 0.446. The molecule has 0 aliphatic carbocycles. The lowest BCUT2D eigenvalue weighted by Crippen LogP contribution is -1.94. The number of nitrogens with zero attached hydrogens (tertiary/aromatic N) is 2. The zero-order valence-electron chi connectivity index (χ0n) is 4.91. The second-order valence-corrected chi connectivity index (χ2v) is 1.37. The SMILES string of the molecule is N.Nc1cc(N)ncn1. The molecule has 0 saturated heterocycles. The van der Waals surface area contributed by atoms with Crippen LogP contribution in [0, 0.1) is 0 Å². The fourth-order valence-corrected chi connectivity index (χ4v) is 0.388. The average Bonchev–Trinajstić information content (AvgIpc) is 1.64. The summed E-state index contributed by atoms with van der Waals surface area (Å²) in [6, 6.07) is 1.50. The molecule has 0 fully saturated rings. The lowest BCUT2D eigenvalue weighted by Gasteiger charge is -1.89. The highest BCUT2D eigenvalue weighted by Gasteiger charge is 1.84. The van der Waals surface area contributed by atoms with Gasteiger partial charge in [0, 0.05) is 6.07 Å². The third-order valence-corrected chi connectivity index (χ3v) is 0.709. The van der Waals surface area contributed by atoms with Crippen LogP contribution in [0.25, 0.3) is 0 Å².